The molecule has 1 aliphatic rings. The second-order valence-electron chi connectivity index (χ2n) is 5.30. The zero-order valence-electron chi connectivity index (χ0n) is 10.9. The Balaban J connectivity index is 2.31. The first-order valence-corrected chi connectivity index (χ1v) is 7.78. The Morgan fingerprint density at radius 1 is 1.28 bits per heavy atom. The maximum absolute atomic E-state index is 12.3. The zero-order valence-corrected chi connectivity index (χ0v) is 11.7. The fourth-order valence-electron chi connectivity index (χ4n) is 2.23. The van der Waals surface area contributed by atoms with Gasteiger partial charge < -0.3 is 5.32 Å². The molecule has 0 atom stereocenters. The molecule has 1 aliphatic heterocycles. The molecule has 1 heterocycles. The summed E-state index contributed by atoms with van der Waals surface area (Å²) in [7, 11) is -3.20. The predicted octanol–water partition coefficient (Wildman–Crippen LogP) is 1.20. The molecule has 0 aromatic heterocycles. The van der Waals surface area contributed by atoms with Crippen molar-refractivity contribution in [2.75, 3.05) is 18.8 Å². The molecular weight excluding hydrogens is 248 g/mol. The summed E-state index contributed by atoms with van der Waals surface area (Å²) in [6.45, 7) is 5.57. The van der Waals surface area contributed by atoms with Crippen LogP contribution in [0.15, 0.2) is 30.3 Å². The molecule has 1 N–H and O–H groups in total. The second-order valence-corrected chi connectivity index (χ2v) is 7.31. The van der Waals surface area contributed by atoms with Gasteiger partial charge in [0.15, 0.2) is 0 Å². The standard InChI is InChI=1S/C13H20N2O2S/c1-13(2)11-14-8-9-18(16,17)15(13)10-12-6-4-3-5-7-12/h3-7,14H,8-11H2,1-2H3. The number of nitrogens with zero attached hydrogens (tertiary/aromatic N) is 1. The molecule has 5 heteroatoms. The predicted molar refractivity (Wildman–Crippen MR) is 72.7 cm³/mol. The van der Waals surface area contributed by atoms with E-state index in [2.05, 4.69) is 5.32 Å². The molecule has 0 amide bonds. The average molecular weight is 268 g/mol. The number of benzene rings is 1. The quantitative estimate of drug-likeness (QED) is 0.877. The van der Waals surface area contributed by atoms with Gasteiger partial charge >= 0.3 is 0 Å². The smallest absolute Gasteiger partial charge is 0.216 e. The first kappa shape index (κ1) is 13.5. The third-order valence-corrected chi connectivity index (χ3v) is 5.29. The van der Waals surface area contributed by atoms with Gasteiger partial charge in [-0.25, -0.2) is 8.42 Å². The Labute approximate surface area is 109 Å². The summed E-state index contributed by atoms with van der Waals surface area (Å²) >= 11 is 0. The van der Waals surface area contributed by atoms with E-state index in [-0.39, 0.29) is 5.75 Å². The van der Waals surface area contributed by atoms with Crippen LogP contribution in [0.5, 0.6) is 0 Å². The molecule has 100 valence electrons. The van der Waals surface area contributed by atoms with Crippen LogP contribution in [-0.2, 0) is 16.6 Å². The lowest BCUT2D eigenvalue weighted by atomic mass is 10.0. The minimum atomic E-state index is -3.20. The van der Waals surface area contributed by atoms with Crippen molar-refractivity contribution in [3.63, 3.8) is 0 Å². The van der Waals surface area contributed by atoms with Crippen LogP contribution < -0.4 is 5.32 Å². The van der Waals surface area contributed by atoms with Crippen LogP contribution in [-0.4, -0.2) is 37.1 Å². The summed E-state index contributed by atoms with van der Waals surface area (Å²) in [4.78, 5) is 0. The number of hydrogen-bond acceptors (Lipinski definition) is 3. The summed E-state index contributed by atoms with van der Waals surface area (Å²) in [5.74, 6) is 0.170. The van der Waals surface area contributed by atoms with Crippen LogP contribution in [0, 0.1) is 0 Å². The van der Waals surface area contributed by atoms with Gasteiger partial charge in [-0.05, 0) is 19.4 Å². The molecule has 1 fully saturated rings. The van der Waals surface area contributed by atoms with Crippen LogP contribution in [0.1, 0.15) is 19.4 Å². The molecule has 4 nitrogen and oxygen atoms in total. The lowest BCUT2D eigenvalue weighted by molar-refractivity contribution is 0.223. The first-order chi connectivity index (χ1) is 8.42. The molecule has 0 radical (unpaired) electrons. The monoisotopic (exact) mass is 268 g/mol. The van der Waals surface area contributed by atoms with E-state index in [4.69, 9.17) is 0 Å². The summed E-state index contributed by atoms with van der Waals surface area (Å²) < 4.78 is 26.2. The molecule has 0 saturated carbocycles. The SMILES string of the molecule is CC1(C)CNCCS(=O)(=O)N1Cc1ccccc1. The van der Waals surface area contributed by atoms with Crippen molar-refractivity contribution in [2.24, 2.45) is 0 Å². The van der Waals surface area contributed by atoms with Gasteiger partial charge in [0, 0.05) is 25.2 Å². The maximum Gasteiger partial charge on any atom is 0.216 e. The average Bonchev–Trinajstić information content (AvgIpc) is 2.41. The normalized spacial score (nSPS) is 23.4. The Bertz CT molecular complexity index is 497. The number of hydrogen-bond donors (Lipinski definition) is 1. The minimum absolute atomic E-state index is 0.170. The third-order valence-electron chi connectivity index (χ3n) is 3.27. The van der Waals surface area contributed by atoms with Gasteiger partial charge in [0.2, 0.25) is 10.0 Å². The maximum atomic E-state index is 12.3. The highest BCUT2D eigenvalue weighted by atomic mass is 32.2. The van der Waals surface area contributed by atoms with Gasteiger partial charge in [0.05, 0.1) is 5.75 Å². The molecule has 1 aromatic rings. The van der Waals surface area contributed by atoms with E-state index in [0.717, 1.165) is 5.56 Å². The highest BCUT2D eigenvalue weighted by molar-refractivity contribution is 7.89. The van der Waals surface area contributed by atoms with E-state index in [1.54, 1.807) is 4.31 Å². The van der Waals surface area contributed by atoms with Gasteiger partial charge in [-0.2, -0.15) is 4.31 Å². The van der Waals surface area contributed by atoms with Gasteiger partial charge in [-0.15, -0.1) is 0 Å². The van der Waals surface area contributed by atoms with Crippen LogP contribution >= 0.6 is 0 Å². The molecule has 0 bridgehead atoms. The fraction of sp³-hybridized carbons (Fsp3) is 0.538. The second kappa shape index (κ2) is 4.99. The lowest BCUT2D eigenvalue weighted by Crippen LogP contribution is -2.50. The topological polar surface area (TPSA) is 49.4 Å². The van der Waals surface area contributed by atoms with E-state index in [9.17, 15) is 8.42 Å². The van der Waals surface area contributed by atoms with E-state index in [1.807, 2.05) is 44.2 Å². The highest BCUT2D eigenvalue weighted by Gasteiger charge is 2.37. The van der Waals surface area contributed by atoms with Crippen molar-refractivity contribution >= 4 is 10.0 Å². The van der Waals surface area contributed by atoms with Crippen LogP contribution in [0.25, 0.3) is 0 Å². The molecule has 1 saturated heterocycles. The highest BCUT2D eigenvalue weighted by Crippen LogP contribution is 2.23. The fourth-order valence-corrected chi connectivity index (χ4v) is 4.02. The third kappa shape index (κ3) is 2.91. The van der Waals surface area contributed by atoms with Crippen molar-refractivity contribution in [2.45, 2.75) is 25.9 Å². The molecule has 2 rings (SSSR count). The van der Waals surface area contributed by atoms with Gasteiger partial charge in [-0.1, -0.05) is 30.3 Å². The molecule has 0 unspecified atom stereocenters. The van der Waals surface area contributed by atoms with Crippen molar-refractivity contribution in [3.8, 4) is 0 Å². The number of rotatable bonds is 2. The van der Waals surface area contributed by atoms with Gasteiger partial charge in [0.25, 0.3) is 0 Å². The van der Waals surface area contributed by atoms with Crippen molar-refractivity contribution in [1.82, 2.24) is 9.62 Å². The molecule has 18 heavy (non-hydrogen) atoms. The van der Waals surface area contributed by atoms with Crippen LogP contribution in [0.3, 0.4) is 0 Å². The van der Waals surface area contributed by atoms with E-state index < -0.39 is 15.6 Å². The Morgan fingerprint density at radius 3 is 2.61 bits per heavy atom. The first-order valence-electron chi connectivity index (χ1n) is 6.17. The van der Waals surface area contributed by atoms with E-state index in [1.165, 1.54) is 0 Å². The van der Waals surface area contributed by atoms with Gasteiger partial charge in [-0.3, -0.25) is 0 Å². The number of nitrogens with one attached hydrogen (secondary N) is 1. The molecule has 0 spiro atoms. The summed E-state index contributed by atoms with van der Waals surface area (Å²) in [5, 5.41) is 3.19. The summed E-state index contributed by atoms with van der Waals surface area (Å²) in [6, 6.07) is 9.73. The Morgan fingerprint density at radius 2 is 1.94 bits per heavy atom. The van der Waals surface area contributed by atoms with E-state index >= 15 is 0 Å². The zero-order chi connectivity index (χ0) is 13.2. The largest absolute Gasteiger partial charge is 0.314 e. The van der Waals surface area contributed by atoms with Crippen molar-refractivity contribution < 1.29 is 8.42 Å². The molecule has 0 aliphatic carbocycles. The Hall–Kier alpha value is -0.910. The van der Waals surface area contributed by atoms with Gasteiger partial charge in [0.1, 0.15) is 0 Å². The lowest BCUT2D eigenvalue weighted by Gasteiger charge is -2.35. The summed E-state index contributed by atoms with van der Waals surface area (Å²) in [5.41, 5.74) is 0.626. The van der Waals surface area contributed by atoms with E-state index in [0.29, 0.717) is 19.6 Å². The Kier molecular flexibility index (Phi) is 3.75. The molecule has 1 aromatic carbocycles. The minimum Gasteiger partial charge on any atom is -0.314 e. The summed E-state index contributed by atoms with van der Waals surface area (Å²) in [6.07, 6.45) is 0. The van der Waals surface area contributed by atoms with Crippen LogP contribution in [0.2, 0.25) is 0 Å². The van der Waals surface area contributed by atoms with Crippen LogP contribution in [0.4, 0.5) is 0 Å². The van der Waals surface area contributed by atoms with Crippen molar-refractivity contribution in [3.05, 3.63) is 35.9 Å². The number of sulfonamides is 1. The molecular formula is C13H20N2O2S. The van der Waals surface area contributed by atoms with Crippen molar-refractivity contribution in [1.29, 1.82) is 0 Å².